The zero-order valence-corrected chi connectivity index (χ0v) is 17.1. The van der Waals surface area contributed by atoms with Crippen molar-refractivity contribution in [3.63, 3.8) is 0 Å². The van der Waals surface area contributed by atoms with E-state index in [2.05, 4.69) is 35.2 Å². The van der Waals surface area contributed by atoms with Gasteiger partial charge < -0.3 is 4.90 Å². The second-order valence-corrected chi connectivity index (χ2v) is 8.75. The number of rotatable bonds is 5. The van der Waals surface area contributed by atoms with Gasteiger partial charge in [0.1, 0.15) is 11.7 Å². The Morgan fingerprint density at radius 3 is 2.93 bits per heavy atom. The zero-order chi connectivity index (χ0) is 19.7. The maximum Gasteiger partial charge on any atom is 0.293 e. The number of nitrogens with zero attached hydrogens (tertiary/aromatic N) is 6. The minimum Gasteiger partial charge on any atom is -0.365 e. The van der Waals surface area contributed by atoms with Gasteiger partial charge in [0.2, 0.25) is 0 Å². The third-order valence-corrected chi connectivity index (χ3v) is 7.08. The Morgan fingerprint density at radius 1 is 1.43 bits per heavy atom. The molecule has 1 aromatic heterocycles. The van der Waals surface area contributed by atoms with Gasteiger partial charge in [-0.2, -0.15) is 5.26 Å². The summed E-state index contributed by atoms with van der Waals surface area (Å²) in [7, 11) is 0. The topological polar surface area (TPSA) is 94.7 Å². The van der Waals surface area contributed by atoms with Crippen LogP contribution in [0.2, 0.25) is 0 Å². The average molecular weight is 406 g/mol. The van der Waals surface area contributed by atoms with Gasteiger partial charge in [-0.15, -0.1) is 11.8 Å². The van der Waals surface area contributed by atoms with E-state index in [1.165, 1.54) is 29.2 Å². The molecule has 0 spiro atoms. The van der Waals surface area contributed by atoms with Gasteiger partial charge in [-0.1, -0.05) is 26.2 Å². The minimum absolute atomic E-state index is 0.154. The minimum atomic E-state index is -0.320. The maximum absolute atomic E-state index is 12.7. The van der Waals surface area contributed by atoms with Crippen LogP contribution in [-0.4, -0.2) is 56.2 Å². The lowest BCUT2D eigenvalue weighted by molar-refractivity contribution is -0.114. The summed E-state index contributed by atoms with van der Waals surface area (Å²) in [5.41, 5.74) is 3.08. The van der Waals surface area contributed by atoms with Crippen molar-refractivity contribution in [3.8, 4) is 6.07 Å². The SMILES string of the molecule is CCC1SCC(C#N)N1n1on1NC(=O)C1=CN(C2CCCCC2)C(C)C=N1. The summed E-state index contributed by atoms with van der Waals surface area (Å²) in [4.78, 5) is 22.0. The van der Waals surface area contributed by atoms with E-state index in [9.17, 15) is 10.1 Å². The van der Waals surface area contributed by atoms with Crippen molar-refractivity contribution in [1.29, 1.82) is 5.26 Å². The molecule has 0 aromatic carbocycles. The Balaban J connectivity index is 1.42. The summed E-state index contributed by atoms with van der Waals surface area (Å²) in [5, 5.41) is 11.4. The third kappa shape index (κ3) is 3.68. The highest BCUT2D eigenvalue weighted by Crippen LogP contribution is 2.30. The van der Waals surface area contributed by atoms with E-state index >= 15 is 0 Å². The lowest BCUT2D eigenvalue weighted by atomic mass is 9.93. The number of nitriles is 1. The fraction of sp³-hybridized carbons (Fsp3) is 0.722. The summed E-state index contributed by atoms with van der Waals surface area (Å²) in [6, 6.07) is 2.67. The van der Waals surface area contributed by atoms with Gasteiger partial charge in [-0.25, -0.2) is 15.1 Å². The number of thioether (sulfide) groups is 1. The number of amides is 1. The number of hydrogen-bond donors (Lipinski definition) is 1. The molecule has 0 radical (unpaired) electrons. The predicted molar refractivity (Wildman–Crippen MR) is 108 cm³/mol. The van der Waals surface area contributed by atoms with Crippen molar-refractivity contribution in [2.75, 3.05) is 16.2 Å². The smallest absolute Gasteiger partial charge is 0.293 e. The van der Waals surface area contributed by atoms with Gasteiger partial charge in [0.15, 0.2) is 0 Å². The molecule has 152 valence electrons. The van der Waals surface area contributed by atoms with Crippen LogP contribution in [0.3, 0.4) is 0 Å². The second-order valence-electron chi connectivity index (χ2n) is 7.54. The van der Waals surface area contributed by atoms with Gasteiger partial charge in [0.25, 0.3) is 5.91 Å². The van der Waals surface area contributed by atoms with Gasteiger partial charge in [-0.3, -0.25) is 9.79 Å². The van der Waals surface area contributed by atoms with E-state index in [-0.39, 0.29) is 23.4 Å². The highest BCUT2D eigenvalue weighted by atomic mass is 32.2. The fourth-order valence-electron chi connectivity index (χ4n) is 4.07. The Kier molecular flexibility index (Phi) is 5.44. The Labute approximate surface area is 168 Å². The number of aromatic nitrogens is 2. The summed E-state index contributed by atoms with van der Waals surface area (Å²) < 4.78 is 5.39. The number of nitrogens with one attached hydrogen (secondary N) is 1. The Morgan fingerprint density at radius 2 is 2.21 bits per heavy atom. The first kappa shape index (κ1) is 19.1. The van der Waals surface area contributed by atoms with Crippen LogP contribution in [0.4, 0.5) is 0 Å². The molecule has 9 nitrogen and oxygen atoms in total. The third-order valence-electron chi connectivity index (χ3n) is 5.63. The number of hydrogen-bond acceptors (Lipinski definition) is 7. The Hall–Kier alpha value is -2.28. The number of aliphatic imine (C=N–C) groups is 1. The molecule has 2 fully saturated rings. The van der Waals surface area contributed by atoms with Crippen LogP contribution >= 0.6 is 11.8 Å². The largest absolute Gasteiger partial charge is 0.365 e. The summed E-state index contributed by atoms with van der Waals surface area (Å²) >= 11 is 1.72. The first-order chi connectivity index (χ1) is 13.6. The van der Waals surface area contributed by atoms with Crippen LogP contribution in [0, 0.1) is 11.3 Å². The predicted octanol–water partition coefficient (Wildman–Crippen LogP) is 2.21. The van der Waals surface area contributed by atoms with Crippen LogP contribution in [-0.2, 0) is 4.79 Å². The summed E-state index contributed by atoms with van der Waals surface area (Å²) in [5.74, 6) is 0.403. The van der Waals surface area contributed by atoms with Gasteiger partial charge in [0, 0.05) is 34.1 Å². The van der Waals surface area contributed by atoms with E-state index in [1.807, 2.05) is 17.4 Å². The molecular formula is C18H27N7O2S. The zero-order valence-electron chi connectivity index (χ0n) is 16.3. The van der Waals surface area contributed by atoms with E-state index in [0.29, 0.717) is 11.7 Å². The first-order valence-electron chi connectivity index (χ1n) is 10.0. The molecule has 10 heteroatoms. The standard InChI is InChI=1S/C18H27N7O2S/c1-3-17-23(15(9-19)12-28-17)25-24(27-25)21-18(26)16-11-22(13(2)10-20-16)14-7-5-4-6-8-14/h10-11,13-15,17H,3-8,12H2,1-2H3,(H,21,26). The number of carbonyl (C=O) groups excluding carboxylic acids is 1. The average Bonchev–Trinajstić information content (AvgIpc) is 3.34. The highest BCUT2D eigenvalue weighted by molar-refractivity contribution is 8.00. The lowest BCUT2D eigenvalue weighted by Crippen LogP contribution is -2.44. The molecule has 1 saturated heterocycles. The molecule has 0 bridgehead atoms. The molecule has 3 heterocycles. The Bertz CT molecular complexity index is 795. The molecule has 3 unspecified atom stereocenters. The van der Waals surface area contributed by atoms with Crippen LogP contribution in [0.15, 0.2) is 21.5 Å². The van der Waals surface area contributed by atoms with E-state index in [0.717, 1.165) is 25.0 Å². The van der Waals surface area contributed by atoms with E-state index in [4.69, 9.17) is 4.63 Å². The van der Waals surface area contributed by atoms with Crippen LogP contribution in [0.5, 0.6) is 0 Å². The van der Waals surface area contributed by atoms with Gasteiger partial charge in [0.05, 0.1) is 17.5 Å². The molecule has 2 aliphatic heterocycles. The quantitative estimate of drug-likeness (QED) is 0.807. The fourth-order valence-corrected chi connectivity index (χ4v) is 5.32. The molecule has 28 heavy (non-hydrogen) atoms. The summed E-state index contributed by atoms with van der Waals surface area (Å²) in [6.45, 7) is 4.18. The normalized spacial score (nSPS) is 28.5. The molecule has 4 rings (SSSR count). The second kappa shape index (κ2) is 7.99. The van der Waals surface area contributed by atoms with Crippen molar-refractivity contribution in [2.45, 2.75) is 75.9 Å². The van der Waals surface area contributed by atoms with Crippen molar-refractivity contribution in [2.24, 2.45) is 4.99 Å². The lowest BCUT2D eigenvalue weighted by Gasteiger charge is -2.38. The van der Waals surface area contributed by atoms with Crippen molar-refractivity contribution < 1.29 is 9.42 Å². The monoisotopic (exact) mass is 405 g/mol. The van der Waals surface area contributed by atoms with Crippen LogP contribution < -0.4 is 10.4 Å². The number of carbonyl (C=O) groups is 1. The van der Waals surface area contributed by atoms with Crippen molar-refractivity contribution in [3.05, 3.63) is 11.9 Å². The molecule has 1 aliphatic carbocycles. The van der Waals surface area contributed by atoms with Gasteiger partial charge >= 0.3 is 0 Å². The van der Waals surface area contributed by atoms with Gasteiger partial charge in [-0.05, 0) is 26.2 Å². The maximum atomic E-state index is 12.7. The molecule has 3 atom stereocenters. The molecule has 3 aliphatic rings. The first-order valence-corrected chi connectivity index (χ1v) is 11.1. The summed E-state index contributed by atoms with van der Waals surface area (Å²) in [6.07, 6.45) is 10.7. The molecular weight excluding hydrogens is 378 g/mol. The van der Waals surface area contributed by atoms with Crippen LogP contribution in [0.25, 0.3) is 0 Å². The highest BCUT2D eigenvalue weighted by Gasteiger charge is 2.39. The molecule has 1 saturated carbocycles. The van der Waals surface area contributed by atoms with E-state index in [1.54, 1.807) is 11.8 Å². The van der Waals surface area contributed by atoms with Crippen molar-refractivity contribution in [1.82, 2.24) is 14.8 Å². The van der Waals surface area contributed by atoms with Crippen molar-refractivity contribution >= 4 is 23.9 Å². The molecule has 1 aromatic rings. The van der Waals surface area contributed by atoms with Crippen LogP contribution in [0.1, 0.15) is 52.4 Å². The molecule has 1 amide bonds. The van der Waals surface area contributed by atoms with E-state index < -0.39 is 0 Å². The molecule has 1 N–H and O–H groups in total.